The van der Waals surface area contributed by atoms with Crippen LogP contribution >= 0.6 is 11.8 Å². The molecular weight excluding hydrogens is 182 g/mol. The van der Waals surface area contributed by atoms with E-state index in [2.05, 4.69) is 11.9 Å². The fourth-order valence-corrected chi connectivity index (χ4v) is 1.97. The van der Waals surface area contributed by atoms with Gasteiger partial charge in [-0.3, -0.25) is 4.79 Å². The van der Waals surface area contributed by atoms with E-state index < -0.39 is 0 Å². The molecule has 0 aromatic carbocycles. The van der Waals surface area contributed by atoms with Gasteiger partial charge >= 0.3 is 0 Å². The second-order valence-electron chi connectivity index (χ2n) is 2.72. The van der Waals surface area contributed by atoms with Gasteiger partial charge in [0.05, 0.1) is 0 Å². The molecular formula is C10H13NOS. The summed E-state index contributed by atoms with van der Waals surface area (Å²) in [6.45, 7) is 2.15. The van der Waals surface area contributed by atoms with Gasteiger partial charge in [0.2, 0.25) is 0 Å². The molecule has 1 heterocycles. The predicted octanol–water partition coefficient (Wildman–Crippen LogP) is 2.79. The van der Waals surface area contributed by atoms with Crippen LogP contribution in [0.1, 0.15) is 30.1 Å². The SMILES string of the molecule is CCCCSc1ncccc1C=O. The summed E-state index contributed by atoms with van der Waals surface area (Å²) in [5.41, 5.74) is 0.698. The van der Waals surface area contributed by atoms with Gasteiger partial charge in [0.1, 0.15) is 5.03 Å². The third-order valence-corrected chi connectivity index (χ3v) is 2.77. The van der Waals surface area contributed by atoms with Gasteiger partial charge in [0, 0.05) is 11.8 Å². The standard InChI is InChI=1S/C10H13NOS/c1-2-3-7-13-10-9(8-12)5-4-6-11-10/h4-6,8H,2-3,7H2,1H3. The number of pyridine rings is 1. The van der Waals surface area contributed by atoms with Crippen molar-refractivity contribution in [2.45, 2.75) is 24.8 Å². The van der Waals surface area contributed by atoms with Crippen molar-refractivity contribution in [1.82, 2.24) is 4.98 Å². The monoisotopic (exact) mass is 195 g/mol. The Morgan fingerprint density at radius 1 is 1.62 bits per heavy atom. The fraction of sp³-hybridized carbons (Fsp3) is 0.400. The van der Waals surface area contributed by atoms with E-state index in [1.54, 1.807) is 30.1 Å². The zero-order valence-electron chi connectivity index (χ0n) is 7.69. The van der Waals surface area contributed by atoms with Gasteiger partial charge in [-0.15, -0.1) is 11.8 Å². The van der Waals surface area contributed by atoms with Crippen molar-refractivity contribution >= 4 is 18.0 Å². The first-order chi connectivity index (χ1) is 6.38. The van der Waals surface area contributed by atoms with E-state index >= 15 is 0 Å². The molecule has 0 aliphatic heterocycles. The highest BCUT2D eigenvalue weighted by Gasteiger charge is 2.01. The van der Waals surface area contributed by atoms with Crippen LogP contribution in [-0.4, -0.2) is 17.0 Å². The lowest BCUT2D eigenvalue weighted by molar-refractivity contribution is 0.112. The Bertz CT molecular complexity index is 275. The quantitative estimate of drug-likeness (QED) is 0.411. The summed E-state index contributed by atoms with van der Waals surface area (Å²) in [4.78, 5) is 14.8. The number of nitrogens with zero attached hydrogens (tertiary/aromatic N) is 1. The normalized spacial score (nSPS) is 9.92. The second kappa shape index (κ2) is 5.75. The molecule has 0 radical (unpaired) electrons. The summed E-state index contributed by atoms with van der Waals surface area (Å²) >= 11 is 1.65. The third kappa shape index (κ3) is 3.19. The van der Waals surface area contributed by atoms with Crippen LogP contribution in [0.3, 0.4) is 0 Å². The van der Waals surface area contributed by atoms with Crippen molar-refractivity contribution in [3.63, 3.8) is 0 Å². The molecule has 1 rings (SSSR count). The highest BCUT2D eigenvalue weighted by Crippen LogP contribution is 2.19. The van der Waals surface area contributed by atoms with E-state index in [1.165, 1.54) is 12.8 Å². The molecule has 1 aromatic heterocycles. The van der Waals surface area contributed by atoms with Crippen molar-refractivity contribution in [1.29, 1.82) is 0 Å². The molecule has 0 fully saturated rings. The predicted molar refractivity (Wildman–Crippen MR) is 55.3 cm³/mol. The Morgan fingerprint density at radius 3 is 3.15 bits per heavy atom. The summed E-state index contributed by atoms with van der Waals surface area (Å²) in [6, 6.07) is 3.59. The average molecular weight is 195 g/mol. The van der Waals surface area contributed by atoms with Crippen molar-refractivity contribution in [3.05, 3.63) is 23.9 Å². The number of aldehydes is 1. The smallest absolute Gasteiger partial charge is 0.152 e. The number of rotatable bonds is 5. The van der Waals surface area contributed by atoms with Crippen molar-refractivity contribution < 1.29 is 4.79 Å². The minimum atomic E-state index is 0.698. The van der Waals surface area contributed by atoms with E-state index in [4.69, 9.17) is 0 Å². The number of carbonyl (C=O) groups excluding carboxylic acids is 1. The van der Waals surface area contributed by atoms with Gasteiger partial charge in [0.15, 0.2) is 6.29 Å². The zero-order chi connectivity index (χ0) is 9.52. The maximum atomic E-state index is 10.6. The number of thioether (sulfide) groups is 1. The molecule has 70 valence electrons. The zero-order valence-corrected chi connectivity index (χ0v) is 8.51. The number of aromatic nitrogens is 1. The first-order valence-electron chi connectivity index (χ1n) is 4.41. The van der Waals surface area contributed by atoms with Crippen molar-refractivity contribution in [3.8, 4) is 0 Å². The molecule has 0 bridgehead atoms. The topological polar surface area (TPSA) is 30.0 Å². The molecule has 0 saturated heterocycles. The summed E-state index contributed by atoms with van der Waals surface area (Å²) in [5, 5.41) is 0.853. The fourth-order valence-electron chi connectivity index (χ4n) is 0.927. The van der Waals surface area contributed by atoms with E-state index in [0.717, 1.165) is 17.1 Å². The van der Waals surface area contributed by atoms with Crippen LogP contribution in [-0.2, 0) is 0 Å². The van der Waals surface area contributed by atoms with Gasteiger partial charge in [-0.1, -0.05) is 13.3 Å². The molecule has 0 unspecified atom stereocenters. The van der Waals surface area contributed by atoms with Gasteiger partial charge in [-0.2, -0.15) is 0 Å². The van der Waals surface area contributed by atoms with E-state index in [1.807, 2.05) is 0 Å². The largest absolute Gasteiger partial charge is 0.298 e. The Morgan fingerprint density at radius 2 is 2.46 bits per heavy atom. The van der Waals surface area contributed by atoms with E-state index in [0.29, 0.717) is 5.56 Å². The minimum Gasteiger partial charge on any atom is -0.298 e. The molecule has 3 heteroatoms. The molecule has 0 amide bonds. The van der Waals surface area contributed by atoms with Gasteiger partial charge in [0.25, 0.3) is 0 Å². The number of unbranched alkanes of at least 4 members (excludes halogenated alkanes) is 1. The maximum absolute atomic E-state index is 10.6. The van der Waals surface area contributed by atoms with Crippen LogP contribution in [0.2, 0.25) is 0 Å². The van der Waals surface area contributed by atoms with Gasteiger partial charge in [-0.05, 0) is 24.3 Å². The molecule has 2 nitrogen and oxygen atoms in total. The molecule has 0 aliphatic rings. The van der Waals surface area contributed by atoms with Crippen LogP contribution < -0.4 is 0 Å². The number of carbonyl (C=O) groups is 1. The highest BCUT2D eigenvalue weighted by atomic mass is 32.2. The molecule has 0 atom stereocenters. The number of hydrogen-bond acceptors (Lipinski definition) is 3. The third-order valence-electron chi connectivity index (χ3n) is 1.66. The average Bonchev–Trinajstić information content (AvgIpc) is 2.19. The highest BCUT2D eigenvalue weighted by molar-refractivity contribution is 7.99. The Hall–Kier alpha value is -0.830. The molecule has 0 aliphatic carbocycles. The van der Waals surface area contributed by atoms with E-state index in [-0.39, 0.29) is 0 Å². The minimum absolute atomic E-state index is 0.698. The van der Waals surface area contributed by atoms with E-state index in [9.17, 15) is 4.79 Å². The summed E-state index contributed by atoms with van der Waals surface area (Å²) in [5.74, 6) is 1.04. The summed E-state index contributed by atoms with van der Waals surface area (Å²) in [7, 11) is 0. The molecule has 0 saturated carbocycles. The Balaban J connectivity index is 2.59. The first kappa shape index (κ1) is 10.3. The van der Waals surface area contributed by atoms with Crippen molar-refractivity contribution in [2.75, 3.05) is 5.75 Å². The Kier molecular flexibility index (Phi) is 4.54. The summed E-state index contributed by atoms with van der Waals surface area (Å²) < 4.78 is 0. The van der Waals surface area contributed by atoms with Crippen LogP contribution in [0.5, 0.6) is 0 Å². The molecule has 0 N–H and O–H groups in total. The maximum Gasteiger partial charge on any atom is 0.152 e. The lowest BCUT2D eigenvalue weighted by Crippen LogP contribution is -1.89. The van der Waals surface area contributed by atoms with Crippen molar-refractivity contribution in [2.24, 2.45) is 0 Å². The van der Waals surface area contributed by atoms with Crippen LogP contribution in [0.15, 0.2) is 23.4 Å². The van der Waals surface area contributed by atoms with Crippen LogP contribution in [0.4, 0.5) is 0 Å². The lowest BCUT2D eigenvalue weighted by Gasteiger charge is -2.01. The van der Waals surface area contributed by atoms with Gasteiger partial charge in [-0.25, -0.2) is 4.98 Å². The molecule has 13 heavy (non-hydrogen) atoms. The molecule has 0 spiro atoms. The first-order valence-corrected chi connectivity index (χ1v) is 5.40. The molecule has 1 aromatic rings. The summed E-state index contributed by atoms with van der Waals surface area (Å²) in [6.07, 6.45) is 4.93. The lowest BCUT2D eigenvalue weighted by atomic mass is 10.3. The number of hydrogen-bond donors (Lipinski definition) is 0. The van der Waals surface area contributed by atoms with Crippen LogP contribution in [0.25, 0.3) is 0 Å². The van der Waals surface area contributed by atoms with Gasteiger partial charge < -0.3 is 0 Å². The Labute approximate surface area is 82.8 Å². The second-order valence-corrected chi connectivity index (χ2v) is 3.80. The van der Waals surface area contributed by atoms with Crippen LogP contribution in [0, 0.1) is 0 Å².